The molecule has 1 N–H and O–H groups in total. The number of ether oxygens (including phenoxy) is 1. The number of Topliss-reactive ketones (excluding diaryl/α,β-unsaturated/α-hetero) is 1. The van der Waals surface area contributed by atoms with Crippen LogP contribution in [0.3, 0.4) is 0 Å². The molecule has 0 bridgehead atoms. The van der Waals surface area contributed by atoms with Gasteiger partial charge in [-0.05, 0) is 31.4 Å². The van der Waals surface area contributed by atoms with Crippen molar-refractivity contribution in [2.45, 2.75) is 31.1 Å². The van der Waals surface area contributed by atoms with Gasteiger partial charge in [-0.3, -0.25) is 14.4 Å². The average molecular weight is 336 g/mol. The maximum absolute atomic E-state index is 12.3. The third kappa shape index (κ3) is 3.75. The quantitative estimate of drug-likeness (QED) is 0.468. The molecule has 0 aliphatic heterocycles. The summed E-state index contributed by atoms with van der Waals surface area (Å²) in [5, 5.41) is 9.68. The Morgan fingerprint density at radius 1 is 1.35 bits per heavy atom. The standard InChI is InChI=1S/C17H20O5S/c1-2-22-15(19)10-17(16(20)21)12(8-9-14(17)18)11-23-13-6-4-3-5-7-13/h3-7,12H,2,8-11H2,1H3,(H,20,21). The second-order valence-corrected chi connectivity index (χ2v) is 6.63. The third-order valence-electron chi connectivity index (χ3n) is 4.22. The van der Waals surface area contributed by atoms with Crippen LogP contribution in [0.25, 0.3) is 0 Å². The molecule has 1 aliphatic carbocycles. The third-order valence-corrected chi connectivity index (χ3v) is 5.39. The van der Waals surface area contributed by atoms with Crippen LogP contribution < -0.4 is 0 Å². The van der Waals surface area contributed by atoms with Crippen molar-refractivity contribution in [3.8, 4) is 0 Å². The lowest BCUT2D eigenvalue weighted by Gasteiger charge is -2.28. The van der Waals surface area contributed by atoms with Gasteiger partial charge in [-0.1, -0.05) is 18.2 Å². The molecule has 0 saturated heterocycles. The van der Waals surface area contributed by atoms with E-state index >= 15 is 0 Å². The number of esters is 1. The minimum Gasteiger partial charge on any atom is -0.480 e. The van der Waals surface area contributed by atoms with Gasteiger partial charge >= 0.3 is 11.9 Å². The van der Waals surface area contributed by atoms with Crippen molar-refractivity contribution in [2.75, 3.05) is 12.4 Å². The molecule has 0 spiro atoms. The first-order chi connectivity index (χ1) is 11.0. The van der Waals surface area contributed by atoms with Crippen LogP contribution in [0.4, 0.5) is 0 Å². The Bertz CT molecular complexity index is 586. The van der Waals surface area contributed by atoms with Crippen molar-refractivity contribution < 1.29 is 24.2 Å². The zero-order chi connectivity index (χ0) is 16.9. The zero-order valence-electron chi connectivity index (χ0n) is 13.0. The van der Waals surface area contributed by atoms with Crippen LogP contribution in [0.2, 0.25) is 0 Å². The van der Waals surface area contributed by atoms with E-state index in [1.54, 1.807) is 6.92 Å². The van der Waals surface area contributed by atoms with Crippen LogP contribution >= 0.6 is 11.8 Å². The minimum atomic E-state index is -1.64. The number of carboxylic acid groups (broad SMARTS) is 1. The van der Waals surface area contributed by atoms with E-state index in [2.05, 4.69) is 0 Å². The highest BCUT2D eigenvalue weighted by atomic mass is 32.2. The second-order valence-electron chi connectivity index (χ2n) is 5.54. The minimum absolute atomic E-state index is 0.173. The largest absolute Gasteiger partial charge is 0.480 e. The van der Waals surface area contributed by atoms with Crippen molar-refractivity contribution in [3.63, 3.8) is 0 Å². The summed E-state index contributed by atoms with van der Waals surface area (Å²) in [4.78, 5) is 37.0. The molecule has 2 rings (SSSR count). The Kier molecular flexibility index (Phi) is 5.82. The van der Waals surface area contributed by atoms with Gasteiger partial charge < -0.3 is 9.84 Å². The molecule has 2 atom stereocenters. The number of thioether (sulfide) groups is 1. The Balaban J connectivity index is 2.17. The van der Waals surface area contributed by atoms with E-state index in [-0.39, 0.29) is 31.1 Å². The van der Waals surface area contributed by atoms with Crippen LogP contribution in [0.1, 0.15) is 26.2 Å². The lowest BCUT2D eigenvalue weighted by Crippen LogP contribution is -2.44. The zero-order valence-corrected chi connectivity index (χ0v) is 13.8. The van der Waals surface area contributed by atoms with E-state index in [4.69, 9.17) is 4.74 Å². The summed E-state index contributed by atoms with van der Waals surface area (Å²) in [5.41, 5.74) is -1.64. The van der Waals surface area contributed by atoms with Crippen molar-refractivity contribution in [1.29, 1.82) is 0 Å². The van der Waals surface area contributed by atoms with Gasteiger partial charge in [-0.25, -0.2) is 0 Å². The van der Waals surface area contributed by atoms with Gasteiger partial charge in [-0.15, -0.1) is 11.8 Å². The molecule has 1 aromatic rings. The molecule has 5 nitrogen and oxygen atoms in total. The topological polar surface area (TPSA) is 80.7 Å². The van der Waals surface area contributed by atoms with Crippen LogP contribution in [0.15, 0.2) is 35.2 Å². The Hall–Kier alpha value is -1.82. The molecule has 0 heterocycles. The molecule has 1 aliphatic rings. The number of benzene rings is 1. The maximum Gasteiger partial charge on any atom is 0.318 e. The highest BCUT2D eigenvalue weighted by Gasteiger charge is 2.57. The molecule has 2 unspecified atom stereocenters. The van der Waals surface area contributed by atoms with Gasteiger partial charge in [0.05, 0.1) is 13.0 Å². The van der Waals surface area contributed by atoms with Gasteiger partial charge in [0.2, 0.25) is 0 Å². The number of carbonyl (C=O) groups is 3. The molecule has 0 amide bonds. The summed E-state index contributed by atoms with van der Waals surface area (Å²) < 4.78 is 4.88. The molecule has 1 fully saturated rings. The van der Waals surface area contributed by atoms with E-state index in [1.807, 2.05) is 30.3 Å². The van der Waals surface area contributed by atoms with E-state index in [0.717, 1.165) is 4.90 Å². The Morgan fingerprint density at radius 2 is 2.04 bits per heavy atom. The smallest absolute Gasteiger partial charge is 0.318 e. The summed E-state index contributed by atoms with van der Waals surface area (Å²) in [6, 6.07) is 9.60. The first-order valence-electron chi connectivity index (χ1n) is 7.61. The predicted octanol–water partition coefficient (Wildman–Crippen LogP) is 2.78. The summed E-state index contributed by atoms with van der Waals surface area (Å²) in [6.45, 7) is 1.83. The van der Waals surface area contributed by atoms with E-state index in [9.17, 15) is 19.5 Å². The fourth-order valence-corrected chi connectivity index (χ4v) is 4.19. The van der Waals surface area contributed by atoms with Gasteiger partial charge in [0.1, 0.15) is 5.41 Å². The summed E-state index contributed by atoms with van der Waals surface area (Å²) >= 11 is 1.51. The lowest BCUT2D eigenvalue weighted by molar-refractivity contribution is -0.163. The number of carboxylic acids is 1. The molecular formula is C17H20O5S. The second kappa shape index (κ2) is 7.64. The predicted molar refractivity (Wildman–Crippen MR) is 86.2 cm³/mol. The molecule has 23 heavy (non-hydrogen) atoms. The number of hydrogen-bond acceptors (Lipinski definition) is 5. The first kappa shape index (κ1) is 17.5. The summed E-state index contributed by atoms with van der Waals surface area (Å²) in [5.74, 6) is -2.09. The molecule has 1 saturated carbocycles. The number of rotatable bonds is 7. The number of aliphatic carboxylic acids is 1. The summed E-state index contributed by atoms with van der Waals surface area (Å²) in [6.07, 6.45) is 0.311. The molecule has 124 valence electrons. The van der Waals surface area contributed by atoms with Crippen LogP contribution in [0.5, 0.6) is 0 Å². The van der Waals surface area contributed by atoms with Crippen LogP contribution in [-0.2, 0) is 19.1 Å². The number of hydrogen-bond donors (Lipinski definition) is 1. The molecule has 0 radical (unpaired) electrons. The van der Waals surface area contributed by atoms with Crippen molar-refractivity contribution in [3.05, 3.63) is 30.3 Å². The van der Waals surface area contributed by atoms with E-state index < -0.39 is 17.4 Å². The van der Waals surface area contributed by atoms with Gasteiger partial charge in [0, 0.05) is 17.1 Å². The van der Waals surface area contributed by atoms with Crippen LogP contribution in [0, 0.1) is 11.3 Å². The van der Waals surface area contributed by atoms with E-state index in [1.165, 1.54) is 11.8 Å². The van der Waals surface area contributed by atoms with Gasteiger partial charge in [0.15, 0.2) is 5.78 Å². The number of carbonyl (C=O) groups excluding carboxylic acids is 2. The fraction of sp³-hybridized carbons (Fsp3) is 0.471. The van der Waals surface area contributed by atoms with Crippen LogP contribution in [-0.4, -0.2) is 35.2 Å². The van der Waals surface area contributed by atoms with Crippen molar-refractivity contribution in [1.82, 2.24) is 0 Å². The van der Waals surface area contributed by atoms with Gasteiger partial charge in [0.25, 0.3) is 0 Å². The van der Waals surface area contributed by atoms with Gasteiger partial charge in [-0.2, -0.15) is 0 Å². The maximum atomic E-state index is 12.3. The first-order valence-corrected chi connectivity index (χ1v) is 8.59. The summed E-state index contributed by atoms with van der Waals surface area (Å²) in [7, 11) is 0. The van der Waals surface area contributed by atoms with Crippen molar-refractivity contribution >= 4 is 29.5 Å². The Morgan fingerprint density at radius 3 is 2.65 bits per heavy atom. The normalized spacial score (nSPS) is 23.7. The monoisotopic (exact) mass is 336 g/mol. The SMILES string of the molecule is CCOC(=O)CC1(C(=O)O)C(=O)CCC1CSc1ccccc1. The lowest BCUT2D eigenvalue weighted by atomic mass is 9.75. The molecular weight excluding hydrogens is 316 g/mol. The highest BCUT2D eigenvalue weighted by molar-refractivity contribution is 7.99. The van der Waals surface area contributed by atoms with Crippen molar-refractivity contribution in [2.24, 2.45) is 11.3 Å². The fourth-order valence-electron chi connectivity index (χ4n) is 2.99. The molecule has 1 aromatic carbocycles. The Labute approximate surface area is 139 Å². The number of ketones is 1. The highest BCUT2D eigenvalue weighted by Crippen LogP contribution is 2.46. The van der Waals surface area contributed by atoms with E-state index in [0.29, 0.717) is 12.2 Å². The molecule has 6 heteroatoms. The average Bonchev–Trinajstić information content (AvgIpc) is 2.84. The molecule has 0 aromatic heterocycles.